The van der Waals surface area contributed by atoms with Gasteiger partial charge in [-0.2, -0.15) is 0 Å². The van der Waals surface area contributed by atoms with Crippen LogP contribution in [-0.4, -0.2) is 43.3 Å². The molecule has 20 heavy (non-hydrogen) atoms. The number of benzene rings is 1. The minimum absolute atomic E-state index is 0.0164. The summed E-state index contributed by atoms with van der Waals surface area (Å²) in [5, 5.41) is 0. The molecule has 0 spiro atoms. The molecule has 3 nitrogen and oxygen atoms in total. The molecule has 0 amide bonds. The number of hydrogen-bond donors (Lipinski definition) is 1. The third kappa shape index (κ3) is 4.58. The van der Waals surface area contributed by atoms with Crippen molar-refractivity contribution in [3.63, 3.8) is 0 Å². The maximum atomic E-state index is 6.10. The van der Waals surface area contributed by atoms with Crippen LogP contribution in [0, 0.1) is 0 Å². The van der Waals surface area contributed by atoms with E-state index in [4.69, 9.17) is 10.5 Å². The lowest BCUT2D eigenvalue weighted by Crippen LogP contribution is -2.56. The van der Waals surface area contributed by atoms with Crippen molar-refractivity contribution in [1.29, 1.82) is 0 Å². The van der Waals surface area contributed by atoms with E-state index in [9.17, 15) is 0 Å². The second-order valence-corrected chi connectivity index (χ2v) is 5.78. The summed E-state index contributed by atoms with van der Waals surface area (Å²) in [5.74, 6) is 0. The standard InChI is InChI=1S/C17H30N2O/c1-5-19(15(2)13-20-4)17(3,14-18)12-11-16-9-7-6-8-10-16/h6-10,15H,5,11-14,18H2,1-4H3. The smallest absolute Gasteiger partial charge is 0.0615 e. The van der Waals surface area contributed by atoms with Crippen LogP contribution in [0.25, 0.3) is 0 Å². The Labute approximate surface area is 124 Å². The van der Waals surface area contributed by atoms with Crippen molar-refractivity contribution < 1.29 is 4.74 Å². The van der Waals surface area contributed by atoms with E-state index in [0.29, 0.717) is 12.6 Å². The molecule has 0 saturated heterocycles. The molecule has 0 aromatic heterocycles. The van der Waals surface area contributed by atoms with Gasteiger partial charge in [-0.25, -0.2) is 0 Å². The Morgan fingerprint density at radius 2 is 1.95 bits per heavy atom. The highest BCUT2D eigenvalue weighted by Crippen LogP contribution is 2.23. The Balaban J connectivity index is 2.73. The number of hydrogen-bond acceptors (Lipinski definition) is 3. The van der Waals surface area contributed by atoms with Gasteiger partial charge in [-0.05, 0) is 38.8 Å². The average Bonchev–Trinajstić information content (AvgIpc) is 2.47. The third-order valence-corrected chi connectivity index (χ3v) is 4.21. The van der Waals surface area contributed by atoms with Crippen LogP contribution in [0.4, 0.5) is 0 Å². The van der Waals surface area contributed by atoms with Gasteiger partial charge in [0.25, 0.3) is 0 Å². The van der Waals surface area contributed by atoms with Crippen LogP contribution in [0.1, 0.15) is 32.8 Å². The van der Waals surface area contributed by atoms with Gasteiger partial charge >= 0.3 is 0 Å². The molecule has 0 aliphatic heterocycles. The van der Waals surface area contributed by atoms with Gasteiger partial charge in [-0.1, -0.05) is 37.3 Å². The average molecular weight is 278 g/mol. The number of ether oxygens (including phenoxy) is 1. The number of nitrogens with two attached hydrogens (primary N) is 1. The summed E-state index contributed by atoms with van der Waals surface area (Å²) in [6.45, 7) is 9.08. The summed E-state index contributed by atoms with van der Waals surface area (Å²) >= 11 is 0. The first-order valence-electron chi connectivity index (χ1n) is 7.57. The lowest BCUT2D eigenvalue weighted by atomic mass is 9.90. The van der Waals surface area contributed by atoms with Crippen LogP contribution in [0.3, 0.4) is 0 Å². The largest absolute Gasteiger partial charge is 0.383 e. The van der Waals surface area contributed by atoms with Crippen LogP contribution in [0.15, 0.2) is 30.3 Å². The molecule has 0 aliphatic carbocycles. The van der Waals surface area contributed by atoms with E-state index in [-0.39, 0.29) is 5.54 Å². The van der Waals surface area contributed by atoms with Crippen LogP contribution in [0.2, 0.25) is 0 Å². The lowest BCUT2D eigenvalue weighted by molar-refractivity contribution is 0.0251. The number of methoxy groups -OCH3 is 1. The number of likely N-dealkylation sites (N-methyl/N-ethyl adjacent to an activating group) is 1. The summed E-state index contributed by atoms with van der Waals surface area (Å²) in [5.41, 5.74) is 7.49. The molecular weight excluding hydrogens is 248 g/mol. The highest BCUT2D eigenvalue weighted by molar-refractivity contribution is 5.15. The normalized spacial score (nSPS) is 16.1. The highest BCUT2D eigenvalue weighted by Gasteiger charge is 2.32. The predicted octanol–water partition coefficient (Wildman–Crippen LogP) is 2.69. The van der Waals surface area contributed by atoms with E-state index in [1.54, 1.807) is 7.11 Å². The Bertz CT molecular complexity index is 369. The lowest BCUT2D eigenvalue weighted by Gasteiger charge is -2.44. The molecule has 0 saturated carbocycles. The molecule has 3 heteroatoms. The van der Waals surface area contributed by atoms with Gasteiger partial charge in [0.15, 0.2) is 0 Å². The molecule has 0 fully saturated rings. The quantitative estimate of drug-likeness (QED) is 0.755. The van der Waals surface area contributed by atoms with Crippen molar-refractivity contribution in [3.8, 4) is 0 Å². The first-order valence-corrected chi connectivity index (χ1v) is 7.57. The first-order chi connectivity index (χ1) is 9.57. The highest BCUT2D eigenvalue weighted by atomic mass is 16.5. The summed E-state index contributed by atoms with van der Waals surface area (Å²) in [6, 6.07) is 11.0. The molecule has 114 valence electrons. The van der Waals surface area contributed by atoms with Gasteiger partial charge < -0.3 is 10.5 Å². The van der Waals surface area contributed by atoms with Crippen LogP contribution in [-0.2, 0) is 11.2 Å². The molecule has 0 bridgehead atoms. The molecule has 2 N–H and O–H groups in total. The van der Waals surface area contributed by atoms with Crippen molar-refractivity contribution in [3.05, 3.63) is 35.9 Å². The van der Waals surface area contributed by atoms with Gasteiger partial charge in [0, 0.05) is 25.2 Å². The molecule has 2 atom stereocenters. The molecular formula is C17H30N2O. The van der Waals surface area contributed by atoms with Gasteiger partial charge in [-0.3, -0.25) is 4.90 Å². The van der Waals surface area contributed by atoms with E-state index in [1.807, 2.05) is 0 Å². The first kappa shape index (κ1) is 17.2. The maximum Gasteiger partial charge on any atom is 0.0615 e. The Morgan fingerprint density at radius 3 is 2.45 bits per heavy atom. The Kier molecular flexibility index (Phi) is 7.20. The fraction of sp³-hybridized carbons (Fsp3) is 0.647. The molecule has 0 aliphatic rings. The van der Waals surface area contributed by atoms with Crippen molar-refractivity contribution in [1.82, 2.24) is 4.90 Å². The third-order valence-electron chi connectivity index (χ3n) is 4.21. The van der Waals surface area contributed by atoms with Crippen LogP contribution >= 0.6 is 0 Å². The summed E-state index contributed by atoms with van der Waals surface area (Å²) in [6.07, 6.45) is 2.13. The van der Waals surface area contributed by atoms with E-state index in [0.717, 1.165) is 26.0 Å². The van der Waals surface area contributed by atoms with Gasteiger partial charge in [0.1, 0.15) is 0 Å². The minimum atomic E-state index is 0.0164. The zero-order valence-electron chi connectivity index (χ0n) is 13.4. The number of rotatable bonds is 9. The van der Waals surface area contributed by atoms with Crippen LogP contribution in [0.5, 0.6) is 0 Å². The second-order valence-electron chi connectivity index (χ2n) is 5.78. The molecule has 1 aromatic rings. The van der Waals surface area contributed by atoms with Crippen LogP contribution < -0.4 is 5.73 Å². The molecule has 0 heterocycles. The van der Waals surface area contributed by atoms with E-state index in [2.05, 4.69) is 56.0 Å². The van der Waals surface area contributed by atoms with Crippen molar-refractivity contribution in [2.24, 2.45) is 5.73 Å². The van der Waals surface area contributed by atoms with Crippen molar-refractivity contribution in [2.75, 3.05) is 26.8 Å². The Hall–Kier alpha value is -0.900. The summed E-state index contributed by atoms with van der Waals surface area (Å²) < 4.78 is 5.31. The van der Waals surface area contributed by atoms with Gasteiger partial charge in [0.05, 0.1) is 6.61 Å². The van der Waals surface area contributed by atoms with Gasteiger partial charge in [0.2, 0.25) is 0 Å². The number of nitrogens with zero attached hydrogens (tertiary/aromatic N) is 1. The summed E-state index contributed by atoms with van der Waals surface area (Å²) in [4.78, 5) is 2.47. The zero-order valence-corrected chi connectivity index (χ0v) is 13.4. The molecule has 0 radical (unpaired) electrons. The predicted molar refractivity (Wildman–Crippen MR) is 85.9 cm³/mol. The molecule has 1 rings (SSSR count). The van der Waals surface area contributed by atoms with E-state index in [1.165, 1.54) is 5.56 Å². The fourth-order valence-corrected chi connectivity index (χ4v) is 2.98. The Morgan fingerprint density at radius 1 is 1.30 bits per heavy atom. The van der Waals surface area contributed by atoms with Crippen molar-refractivity contribution >= 4 is 0 Å². The topological polar surface area (TPSA) is 38.5 Å². The fourth-order valence-electron chi connectivity index (χ4n) is 2.98. The molecule has 1 aromatic carbocycles. The summed E-state index contributed by atoms with van der Waals surface area (Å²) in [7, 11) is 1.76. The zero-order chi connectivity index (χ0) is 15.0. The van der Waals surface area contributed by atoms with Gasteiger partial charge in [-0.15, -0.1) is 0 Å². The molecule has 2 unspecified atom stereocenters. The monoisotopic (exact) mass is 278 g/mol. The van der Waals surface area contributed by atoms with Crippen molar-refractivity contribution in [2.45, 2.75) is 45.2 Å². The maximum absolute atomic E-state index is 6.10. The second kappa shape index (κ2) is 8.40. The number of aryl methyl sites for hydroxylation is 1. The van der Waals surface area contributed by atoms with E-state index < -0.39 is 0 Å². The minimum Gasteiger partial charge on any atom is -0.383 e. The van der Waals surface area contributed by atoms with E-state index >= 15 is 0 Å². The SMILES string of the molecule is CCN(C(C)COC)C(C)(CN)CCc1ccccc1.